The lowest BCUT2D eigenvalue weighted by molar-refractivity contribution is 0.0935. The molecule has 98 valence electrons. The van der Waals surface area contributed by atoms with Crippen molar-refractivity contribution >= 4 is 11.4 Å². The summed E-state index contributed by atoms with van der Waals surface area (Å²) in [5.74, 6) is 0.301. The molecular formula is C17H14N2O. The van der Waals surface area contributed by atoms with Crippen LogP contribution in [-0.2, 0) is 12.8 Å². The largest absolute Gasteiger partial charge is 0.307 e. The van der Waals surface area contributed by atoms with Gasteiger partial charge in [-0.25, -0.2) is 4.98 Å². The summed E-state index contributed by atoms with van der Waals surface area (Å²) >= 11 is 0. The summed E-state index contributed by atoms with van der Waals surface area (Å²) in [7, 11) is 0. The van der Waals surface area contributed by atoms with Crippen LogP contribution in [0.5, 0.6) is 0 Å². The molecule has 0 fully saturated rings. The molecular weight excluding hydrogens is 248 g/mol. The van der Waals surface area contributed by atoms with Crippen LogP contribution in [-0.4, -0.2) is 15.2 Å². The van der Waals surface area contributed by atoms with Gasteiger partial charge in [0.25, 0.3) is 0 Å². The average Bonchev–Trinajstić information content (AvgIpc) is 3.01. The molecule has 0 aliphatic heterocycles. The molecule has 3 aromatic rings. The van der Waals surface area contributed by atoms with Gasteiger partial charge in [0.05, 0.1) is 5.69 Å². The molecule has 1 aliphatic rings. The zero-order valence-corrected chi connectivity index (χ0v) is 11.0. The minimum absolute atomic E-state index is 0.0392. The molecule has 0 radical (unpaired) electrons. The van der Waals surface area contributed by atoms with Crippen LogP contribution in [0.25, 0.3) is 5.65 Å². The highest BCUT2D eigenvalue weighted by atomic mass is 16.1. The number of imidazole rings is 1. The predicted octanol–water partition coefficient (Wildman–Crippen LogP) is 2.93. The Labute approximate surface area is 116 Å². The molecule has 0 saturated heterocycles. The van der Waals surface area contributed by atoms with Crippen LogP contribution >= 0.6 is 0 Å². The fraction of sp³-hybridized carbons (Fsp3) is 0.176. The van der Waals surface area contributed by atoms with Gasteiger partial charge in [-0.15, -0.1) is 0 Å². The van der Waals surface area contributed by atoms with Crippen molar-refractivity contribution in [3.05, 3.63) is 71.7 Å². The van der Waals surface area contributed by atoms with E-state index in [0.29, 0.717) is 0 Å². The number of hydrogen-bond acceptors (Lipinski definition) is 2. The molecule has 20 heavy (non-hydrogen) atoms. The average molecular weight is 262 g/mol. The molecule has 1 aliphatic carbocycles. The molecule has 0 spiro atoms. The molecule has 0 N–H and O–H groups in total. The number of Topliss-reactive ketones (excluding diaryl/α,β-unsaturated/α-hetero) is 1. The minimum atomic E-state index is 0.0392. The molecule has 2 heterocycles. The van der Waals surface area contributed by atoms with E-state index in [-0.39, 0.29) is 11.7 Å². The van der Waals surface area contributed by atoms with Crippen molar-refractivity contribution in [3.63, 3.8) is 0 Å². The normalized spacial score (nSPS) is 17.6. The molecule has 2 aromatic heterocycles. The highest BCUT2D eigenvalue weighted by Crippen LogP contribution is 2.28. The number of carbonyl (C=O) groups is 1. The van der Waals surface area contributed by atoms with E-state index in [1.165, 1.54) is 5.56 Å². The monoisotopic (exact) mass is 262 g/mol. The van der Waals surface area contributed by atoms with Gasteiger partial charge in [-0.05, 0) is 24.1 Å². The van der Waals surface area contributed by atoms with E-state index in [1.54, 1.807) is 0 Å². The zero-order chi connectivity index (χ0) is 13.5. The van der Waals surface area contributed by atoms with E-state index in [0.717, 1.165) is 29.7 Å². The Hall–Kier alpha value is -2.42. The Morgan fingerprint density at radius 2 is 2.00 bits per heavy atom. The van der Waals surface area contributed by atoms with E-state index in [1.807, 2.05) is 53.2 Å². The Balaban J connectivity index is 1.63. The number of carbonyl (C=O) groups excluding carboxylic acids is 1. The van der Waals surface area contributed by atoms with Crippen LogP contribution in [0.3, 0.4) is 0 Å². The highest BCUT2D eigenvalue weighted by molar-refractivity contribution is 6.02. The van der Waals surface area contributed by atoms with Crippen LogP contribution in [0, 0.1) is 5.92 Å². The predicted molar refractivity (Wildman–Crippen MR) is 76.9 cm³/mol. The lowest BCUT2D eigenvalue weighted by Crippen LogP contribution is -2.12. The summed E-state index contributed by atoms with van der Waals surface area (Å²) in [6.07, 6.45) is 5.56. The first kappa shape index (κ1) is 11.4. The maximum absolute atomic E-state index is 12.4. The van der Waals surface area contributed by atoms with Gasteiger partial charge >= 0.3 is 0 Å². The number of ketones is 1. The molecule has 3 nitrogen and oxygen atoms in total. The van der Waals surface area contributed by atoms with E-state index < -0.39 is 0 Å². The SMILES string of the molecule is O=C1c2ccccc2CC1Cc1cn2ccccc2n1. The smallest absolute Gasteiger partial charge is 0.166 e. The van der Waals surface area contributed by atoms with Gasteiger partial charge < -0.3 is 4.40 Å². The Kier molecular flexibility index (Phi) is 2.46. The van der Waals surface area contributed by atoms with Gasteiger partial charge in [0, 0.05) is 30.3 Å². The number of fused-ring (bicyclic) bond motifs is 2. The molecule has 0 saturated carbocycles. The number of benzene rings is 1. The Morgan fingerprint density at radius 3 is 2.85 bits per heavy atom. The minimum Gasteiger partial charge on any atom is -0.307 e. The first-order chi connectivity index (χ1) is 9.81. The van der Waals surface area contributed by atoms with Crippen molar-refractivity contribution in [3.8, 4) is 0 Å². The van der Waals surface area contributed by atoms with Crippen LogP contribution in [0.15, 0.2) is 54.9 Å². The van der Waals surface area contributed by atoms with Crippen molar-refractivity contribution in [2.45, 2.75) is 12.8 Å². The summed E-state index contributed by atoms with van der Waals surface area (Å²) in [5.41, 5.74) is 3.99. The van der Waals surface area contributed by atoms with Crippen molar-refractivity contribution in [1.82, 2.24) is 9.38 Å². The molecule has 1 atom stereocenters. The maximum Gasteiger partial charge on any atom is 0.166 e. The first-order valence-electron chi connectivity index (χ1n) is 6.86. The highest BCUT2D eigenvalue weighted by Gasteiger charge is 2.30. The van der Waals surface area contributed by atoms with E-state index in [2.05, 4.69) is 11.1 Å². The third-order valence-electron chi connectivity index (χ3n) is 3.99. The second kappa shape index (κ2) is 4.30. The standard InChI is InChI=1S/C17H14N2O/c20-17-13(9-12-5-1-2-6-15(12)17)10-14-11-19-8-4-3-7-16(19)18-14/h1-8,11,13H,9-10H2. The third kappa shape index (κ3) is 1.74. The number of hydrogen-bond donors (Lipinski definition) is 0. The van der Waals surface area contributed by atoms with Gasteiger partial charge in [0.2, 0.25) is 0 Å². The summed E-state index contributed by atoms with van der Waals surface area (Å²) in [4.78, 5) is 17.0. The van der Waals surface area contributed by atoms with E-state index in [4.69, 9.17) is 0 Å². The van der Waals surface area contributed by atoms with Crippen molar-refractivity contribution in [1.29, 1.82) is 0 Å². The molecule has 1 aromatic carbocycles. The summed E-state index contributed by atoms with van der Waals surface area (Å²) < 4.78 is 2.00. The van der Waals surface area contributed by atoms with Crippen molar-refractivity contribution in [2.75, 3.05) is 0 Å². The van der Waals surface area contributed by atoms with Gasteiger partial charge in [0.1, 0.15) is 5.65 Å². The quantitative estimate of drug-likeness (QED) is 0.711. The van der Waals surface area contributed by atoms with Crippen molar-refractivity contribution < 1.29 is 4.79 Å². The number of nitrogens with zero attached hydrogens (tertiary/aromatic N) is 2. The fourth-order valence-electron chi connectivity index (χ4n) is 3.02. The van der Waals surface area contributed by atoms with Crippen LogP contribution in [0.1, 0.15) is 21.6 Å². The number of pyridine rings is 1. The first-order valence-corrected chi connectivity index (χ1v) is 6.86. The third-order valence-corrected chi connectivity index (χ3v) is 3.99. The maximum atomic E-state index is 12.4. The van der Waals surface area contributed by atoms with Gasteiger partial charge in [0.15, 0.2) is 5.78 Å². The second-order valence-corrected chi connectivity index (χ2v) is 5.32. The number of rotatable bonds is 2. The van der Waals surface area contributed by atoms with Crippen LogP contribution in [0.4, 0.5) is 0 Å². The van der Waals surface area contributed by atoms with Crippen LogP contribution in [0.2, 0.25) is 0 Å². The Bertz CT molecular complexity index is 770. The van der Waals surface area contributed by atoms with Gasteiger partial charge in [-0.1, -0.05) is 30.3 Å². The molecule has 1 unspecified atom stereocenters. The van der Waals surface area contributed by atoms with Gasteiger partial charge in [-0.2, -0.15) is 0 Å². The fourth-order valence-corrected chi connectivity index (χ4v) is 3.02. The molecule has 3 heteroatoms. The zero-order valence-electron chi connectivity index (χ0n) is 11.0. The van der Waals surface area contributed by atoms with E-state index in [9.17, 15) is 4.79 Å². The molecule has 4 rings (SSSR count). The molecule has 0 bridgehead atoms. The summed E-state index contributed by atoms with van der Waals surface area (Å²) in [6.45, 7) is 0. The summed E-state index contributed by atoms with van der Waals surface area (Å²) in [5, 5.41) is 0. The lowest BCUT2D eigenvalue weighted by Gasteiger charge is -2.04. The van der Waals surface area contributed by atoms with E-state index >= 15 is 0 Å². The van der Waals surface area contributed by atoms with Crippen molar-refractivity contribution in [2.24, 2.45) is 5.92 Å². The van der Waals surface area contributed by atoms with Gasteiger partial charge in [-0.3, -0.25) is 4.79 Å². The second-order valence-electron chi connectivity index (χ2n) is 5.32. The lowest BCUT2D eigenvalue weighted by atomic mass is 9.99. The van der Waals surface area contributed by atoms with Crippen LogP contribution < -0.4 is 0 Å². The Morgan fingerprint density at radius 1 is 1.15 bits per heavy atom. The topological polar surface area (TPSA) is 34.4 Å². The summed E-state index contributed by atoms with van der Waals surface area (Å²) in [6, 6.07) is 13.9. The number of aromatic nitrogens is 2. The molecule has 0 amide bonds.